The molecule has 0 N–H and O–H groups in total. The van der Waals surface area contributed by atoms with E-state index in [9.17, 15) is 0 Å². The zero-order chi connectivity index (χ0) is 8.91. The topological polar surface area (TPSA) is 0 Å². The van der Waals surface area contributed by atoms with E-state index >= 15 is 0 Å². The van der Waals surface area contributed by atoms with Crippen molar-refractivity contribution in [2.75, 3.05) is 19.6 Å². The molecule has 1 nitrogen and oxygen atoms in total. The molecule has 0 aliphatic heterocycles. The third-order valence-corrected chi connectivity index (χ3v) is 2.91. The largest absolute Gasteiger partial charge is 0.273 e. The van der Waals surface area contributed by atoms with Crippen molar-refractivity contribution in [1.29, 1.82) is 0 Å². The quantitative estimate of drug-likeness (QED) is 0.307. The van der Waals surface area contributed by atoms with Gasteiger partial charge >= 0.3 is 0 Å². The fourth-order valence-electron chi connectivity index (χ4n) is 1.08. The van der Waals surface area contributed by atoms with E-state index in [1.54, 1.807) is 0 Å². The van der Waals surface area contributed by atoms with Crippen LogP contribution in [0.2, 0.25) is 0 Å². The van der Waals surface area contributed by atoms with Gasteiger partial charge in [0.05, 0.1) is 13.1 Å². The van der Waals surface area contributed by atoms with Crippen molar-refractivity contribution in [3.05, 3.63) is 12.7 Å². The van der Waals surface area contributed by atoms with Gasteiger partial charge in [0.25, 0.3) is 0 Å². The lowest BCUT2D eigenvalue weighted by Crippen LogP contribution is -2.49. The fourth-order valence-corrected chi connectivity index (χ4v) is 1.77. The van der Waals surface area contributed by atoms with Crippen LogP contribution in [0.3, 0.4) is 0 Å². The lowest BCUT2D eigenvalue weighted by molar-refractivity contribution is -0.825. The van der Waals surface area contributed by atoms with Crippen molar-refractivity contribution in [2.45, 2.75) is 13.8 Å². The first-order valence-corrected chi connectivity index (χ1v) is 4.69. The Labute approximate surface area is 80.1 Å². The summed E-state index contributed by atoms with van der Waals surface area (Å²) in [6.07, 6.45) is 1.90. The van der Waals surface area contributed by atoms with Gasteiger partial charge in [-0.1, -0.05) is 19.2 Å². The molecule has 0 saturated carbocycles. The summed E-state index contributed by atoms with van der Waals surface area (Å²) in [5.74, 6) is 0. The number of quaternary nitrogens is 1. The van der Waals surface area contributed by atoms with E-state index < -0.39 is 0 Å². The molecule has 0 heterocycles. The zero-order valence-electron chi connectivity index (χ0n) is 7.21. The second-order valence-electron chi connectivity index (χ2n) is 2.53. The predicted molar refractivity (Wildman–Crippen MR) is 58.0 cm³/mol. The smallest absolute Gasteiger partial charge is 0.230 e. The molecule has 0 radical (unpaired) electrons. The van der Waals surface area contributed by atoms with Crippen LogP contribution in [0.15, 0.2) is 12.7 Å². The minimum Gasteiger partial charge on any atom is -0.273 e. The first kappa shape index (κ1) is 11.1. The number of hydrogen-bond acceptors (Lipinski definition) is 1. The third kappa shape index (κ3) is 2.58. The highest BCUT2D eigenvalue weighted by Crippen LogP contribution is 2.11. The van der Waals surface area contributed by atoms with Crippen LogP contribution in [0, 0.1) is 0 Å². The van der Waals surface area contributed by atoms with Crippen molar-refractivity contribution in [2.24, 2.45) is 0 Å². The van der Waals surface area contributed by atoms with Gasteiger partial charge in [-0.15, -0.1) is 0 Å². The number of thiocarbonyl (C=S) groups is 1. The summed E-state index contributed by atoms with van der Waals surface area (Å²) in [6.45, 7) is 10.8. The van der Waals surface area contributed by atoms with Gasteiger partial charge in [0.15, 0.2) is 0 Å². The standard InChI is InChI=1S/C8H15NS2/c1-4-7-9(5-2,6-3)8(10)11/h4H,1,5-7H2,2-3H3/p+1. The number of thiol groups is 1. The van der Waals surface area contributed by atoms with Gasteiger partial charge in [-0.3, -0.25) is 4.48 Å². The lowest BCUT2D eigenvalue weighted by atomic mass is 10.4. The molecule has 0 fully saturated rings. The number of nitrogens with zero attached hydrogens (tertiary/aromatic N) is 1. The average Bonchev–Trinajstić information content (AvgIpc) is 2.00. The molecule has 0 spiro atoms. The van der Waals surface area contributed by atoms with Crippen LogP contribution in [0.25, 0.3) is 0 Å². The van der Waals surface area contributed by atoms with Crippen molar-refractivity contribution in [3.63, 3.8) is 0 Å². The fraction of sp³-hybridized carbons (Fsp3) is 0.625. The van der Waals surface area contributed by atoms with E-state index in [1.165, 1.54) is 0 Å². The van der Waals surface area contributed by atoms with Crippen LogP contribution < -0.4 is 0 Å². The normalized spacial score (nSPS) is 11.2. The number of hydrogen-bond donors (Lipinski definition) is 1. The molecule has 11 heavy (non-hydrogen) atoms. The highest BCUT2D eigenvalue weighted by Gasteiger charge is 2.24. The Morgan fingerprint density at radius 3 is 2.09 bits per heavy atom. The summed E-state index contributed by atoms with van der Waals surface area (Å²) in [5.41, 5.74) is 0. The van der Waals surface area contributed by atoms with Gasteiger partial charge in [-0.05, 0) is 32.1 Å². The molecular formula is C8H16NS2+. The van der Waals surface area contributed by atoms with Crippen LogP contribution in [0.1, 0.15) is 13.8 Å². The summed E-state index contributed by atoms with van der Waals surface area (Å²) in [7, 11) is 0. The maximum absolute atomic E-state index is 5.08. The van der Waals surface area contributed by atoms with Crippen molar-refractivity contribution in [1.82, 2.24) is 0 Å². The molecule has 0 aromatic carbocycles. The molecule has 64 valence electrons. The van der Waals surface area contributed by atoms with Gasteiger partial charge in [0, 0.05) is 0 Å². The first-order valence-electron chi connectivity index (χ1n) is 3.83. The van der Waals surface area contributed by atoms with Crippen LogP contribution in [-0.4, -0.2) is 28.4 Å². The molecule has 3 heteroatoms. The Kier molecular flexibility index (Phi) is 4.97. The molecule has 0 aromatic rings. The van der Waals surface area contributed by atoms with E-state index in [4.69, 9.17) is 12.2 Å². The summed E-state index contributed by atoms with van der Waals surface area (Å²) in [6, 6.07) is 0. The minimum atomic E-state index is 0.759. The Morgan fingerprint density at radius 2 is 2.00 bits per heavy atom. The van der Waals surface area contributed by atoms with E-state index in [1.807, 2.05) is 6.08 Å². The Balaban J connectivity index is 4.45. The maximum atomic E-state index is 5.08. The van der Waals surface area contributed by atoms with E-state index in [2.05, 4.69) is 33.1 Å². The van der Waals surface area contributed by atoms with E-state index in [-0.39, 0.29) is 0 Å². The highest BCUT2D eigenvalue weighted by atomic mass is 32.1. The Morgan fingerprint density at radius 1 is 1.55 bits per heavy atom. The van der Waals surface area contributed by atoms with Crippen LogP contribution in [-0.2, 0) is 0 Å². The molecule has 0 saturated heterocycles. The van der Waals surface area contributed by atoms with Gasteiger partial charge in [-0.25, -0.2) is 0 Å². The van der Waals surface area contributed by atoms with Gasteiger partial charge < -0.3 is 0 Å². The molecule has 0 bridgehead atoms. The molecule has 0 rings (SSSR count). The summed E-state index contributed by atoms with van der Waals surface area (Å²) >= 11 is 9.31. The summed E-state index contributed by atoms with van der Waals surface area (Å²) < 4.78 is 1.52. The van der Waals surface area contributed by atoms with Gasteiger partial charge in [0.1, 0.15) is 6.54 Å². The monoisotopic (exact) mass is 190 g/mol. The van der Waals surface area contributed by atoms with Crippen LogP contribution >= 0.6 is 24.8 Å². The average molecular weight is 190 g/mol. The summed E-state index contributed by atoms with van der Waals surface area (Å²) in [5, 5.41) is 0. The molecule has 0 aliphatic carbocycles. The van der Waals surface area contributed by atoms with E-state index in [0.29, 0.717) is 0 Å². The van der Waals surface area contributed by atoms with Crippen molar-refractivity contribution >= 4 is 29.2 Å². The number of likely N-dealkylation sites (N-methyl/N-ethyl adjacent to an activating group) is 1. The van der Waals surface area contributed by atoms with E-state index in [0.717, 1.165) is 28.4 Å². The molecule has 0 amide bonds. The number of rotatable bonds is 4. The zero-order valence-corrected chi connectivity index (χ0v) is 8.92. The van der Waals surface area contributed by atoms with Crippen LogP contribution in [0.5, 0.6) is 0 Å². The van der Waals surface area contributed by atoms with Crippen LogP contribution in [0.4, 0.5) is 0 Å². The third-order valence-electron chi connectivity index (χ3n) is 2.10. The lowest BCUT2D eigenvalue weighted by Gasteiger charge is -2.33. The van der Waals surface area contributed by atoms with Crippen molar-refractivity contribution < 1.29 is 4.48 Å². The molecule has 0 atom stereocenters. The first-order chi connectivity index (χ1) is 5.13. The second kappa shape index (κ2) is 4.91. The van der Waals surface area contributed by atoms with Gasteiger partial charge in [-0.2, -0.15) is 0 Å². The molecule has 0 aliphatic rings. The minimum absolute atomic E-state index is 0.759. The maximum Gasteiger partial charge on any atom is 0.230 e. The van der Waals surface area contributed by atoms with Crippen molar-refractivity contribution in [3.8, 4) is 0 Å². The molecule has 0 aromatic heterocycles. The van der Waals surface area contributed by atoms with Gasteiger partial charge in [0.2, 0.25) is 4.32 Å². The molecular weight excluding hydrogens is 174 g/mol. The SMILES string of the molecule is C=CC[N+](CC)(CC)C(=S)S. The highest BCUT2D eigenvalue weighted by molar-refractivity contribution is 8.10. The molecule has 0 unspecified atom stereocenters. The second-order valence-corrected chi connectivity index (χ2v) is 3.64. The predicted octanol–water partition coefficient (Wildman–Crippen LogP) is 2.24. The Hall–Kier alpha value is 0.140. The Bertz CT molecular complexity index is 150. The summed E-state index contributed by atoms with van der Waals surface area (Å²) in [4.78, 5) is 0.